The molecule has 1 unspecified atom stereocenters. The average Bonchev–Trinajstić information content (AvgIpc) is 3.20. The van der Waals surface area contributed by atoms with Crippen molar-refractivity contribution in [2.24, 2.45) is 5.92 Å². The van der Waals surface area contributed by atoms with Gasteiger partial charge in [0, 0.05) is 13.1 Å². The second-order valence-corrected chi connectivity index (χ2v) is 5.01. The van der Waals surface area contributed by atoms with Gasteiger partial charge >= 0.3 is 0 Å². The summed E-state index contributed by atoms with van der Waals surface area (Å²) in [5.41, 5.74) is 0. The van der Waals surface area contributed by atoms with E-state index in [2.05, 4.69) is 27.5 Å². The van der Waals surface area contributed by atoms with Crippen LogP contribution in [-0.2, 0) is 0 Å². The van der Waals surface area contributed by atoms with Crippen molar-refractivity contribution in [3.05, 3.63) is 11.2 Å². The first-order valence-electron chi connectivity index (χ1n) is 6.39. The molecule has 18 heavy (non-hydrogen) atoms. The maximum atomic E-state index is 9.79. The van der Waals surface area contributed by atoms with E-state index in [0.717, 1.165) is 25.8 Å². The molecule has 1 aliphatic rings. The van der Waals surface area contributed by atoms with Gasteiger partial charge in [-0.15, -0.1) is 0 Å². The van der Waals surface area contributed by atoms with Gasteiger partial charge in [-0.05, 0) is 25.2 Å². The second kappa shape index (κ2) is 6.20. The van der Waals surface area contributed by atoms with Crippen molar-refractivity contribution in [2.75, 3.05) is 23.7 Å². The molecule has 0 aromatic carbocycles. The zero-order chi connectivity index (χ0) is 13.0. The zero-order valence-electron chi connectivity index (χ0n) is 10.5. The molecule has 0 radical (unpaired) electrons. The van der Waals surface area contributed by atoms with Crippen molar-refractivity contribution in [1.82, 2.24) is 9.97 Å². The molecule has 2 rings (SSSR count). The predicted molar refractivity (Wildman–Crippen MR) is 73.0 cm³/mol. The molecule has 1 heterocycles. The number of nitrogens with zero attached hydrogens (tertiary/aromatic N) is 2. The number of nitrogens with one attached hydrogen (secondary N) is 2. The Bertz CT molecular complexity index is 398. The van der Waals surface area contributed by atoms with Crippen molar-refractivity contribution < 1.29 is 5.11 Å². The number of aromatic nitrogens is 2. The van der Waals surface area contributed by atoms with Crippen LogP contribution < -0.4 is 10.6 Å². The van der Waals surface area contributed by atoms with Crippen LogP contribution in [0, 0.1) is 5.92 Å². The Hall–Kier alpha value is -1.07. The van der Waals surface area contributed by atoms with Crippen LogP contribution in [0.25, 0.3) is 0 Å². The molecule has 0 amide bonds. The fourth-order valence-corrected chi connectivity index (χ4v) is 1.82. The average molecular weight is 271 g/mol. The highest BCUT2D eigenvalue weighted by Gasteiger charge is 2.29. The molecule has 0 spiro atoms. The van der Waals surface area contributed by atoms with E-state index >= 15 is 0 Å². The molecule has 0 aliphatic heterocycles. The van der Waals surface area contributed by atoms with E-state index in [1.807, 2.05) is 0 Å². The van der Waals surface area contributed by atoms with Crippen molar-refractivity contribution >= 4 is 23.4 Å². The fraction of sp³-hybridized carbons (Fsp3) is 0.667. The highest BCUT2D eigenvalue weighted by Crippen LogP contribution is 2.32. The third-order valence-electron chi connectivity index (χ3n) is 2.92. The van der Waals surface area contributed by atoms with Crippen molar-refractivity contribution in [1.29, 1.82) is 0 Å². The lowest BCUT2D eigenvalue weighted by Gasteiger charge is -2.13. The summed E-state index contributed by atoms with van der Waals surface area (Å²) >= 11 is 6.01. The van der Waals surface area contributed by atoms with E-state index < -0.39 is 0 Å². The molecule has 5 nitrogen and oxygen atoms in total. The van der Waals surface area contributed by atoms with Gasteiger partial charge in [-0.25, -0.2) is 4.98 Å². The van der Waals surface area contributed by atoms with Crippen LogP contribution in [0.15, 0.2) is 6.20 Å². The minimum atomic E-state index is -0.317. The van der Waals surface area contributed by atoms with Crippen molar-refractivity contribution in [3.8, 4) is 0 Å². The Balaban J connectivity index is 1.92. The van der Waals surface area contributed by atoms with Gasteiger partial charge in [0.25, 0.3) is 0 Å². The molecule has 1 fully saturated rings. The Kier molecular flexibility index (Phi) is 4.60. The summed E-state index contributed by atoms with van der Waals surface area (Å²) in [5, 5.41) is 16.4. The number of rotatable bonds is 7. The molecule has 0 bridgehead atoms. The number of aliphatic hydroxyl groups is 1. The standard InChI is InChI=1S/C12H19ClN4O/c1-2-5-14-12-16-6-9(13)11(17-12)15-7-10(18)8-3-4-8/h6,8,10,18H,2-5,7H2,1H3,(H2,14,15,16,17). The Morgan fingerprint density at radius 3 is 2.94 bits per heavy atom. The largest absolute Gasteiger partial charge is 0.391 e. The third kappa shape index (κ3) is 3.71. The van der Waals surface area contributed by atoms with Gasteiger partial charge in [-0.3, -0.25) is 0 Å². The van der Waals surface area contributed by atoms with E-state index in [0.29, 0.717) is 29.3 Å². The van der Waals surface area contributed by atoms with E-state index in [1.165, 1.54) is 0 Å². The Morgan fingerprint density at radius 1 is 1.50 bits per heavy atom. The van der Waals surface area contributed by atoms with E-state index in [1.54, 1.807) is 6.20 Å². The van der Waals surface area contributed by atoms with Gasteiger partial charge in [0.1, 0.15) is 5.02 Å². The van der Waals surface area contributed by atoms with Gasteiger partial charge in [0.05, 0.1) is 12.3 Å². The summed E-state index contributed by atoms with van der Waals surface area (Å²) in [4.78, 5) is 8.38. The fourth-order valence-electron chi connectivity index (χ4n) is 1.66. The molecule has 1 aliphatic carbocycles. The SMILES string of the molecule is CCCNc1ncc(Cl)c(NCC(O)C2CC2)n1. The van der Waals surface area contributed by atoms with Crippen molar-refractivity contribution in [2.45, 2.75) is 32.3 Å². The van der Waals surface area contributed by atoms with E-state index in [-0.39, 0.29) is 6.10 Å². The van der Waals surface area contributed by atoms with Gasteiger partial charge in [0.15, 0.2) is 5.82 Å². The smallest absolute Gasteiger partial charge is 0.224 e. The lowest BCUT2D eigenvalue weighted by Crippen LogP contribution is -2.22. The number of anilines is 2. The third-order valence-corrected chi connectivity index (χ3v) is 3.20. The highest BCUT2D eigenvalue weighted by atomic mass is 35.5. The van der Waals surface area contributed by atoms with Crippen molar-refractivity contribution in [3.63, 3.8) is 0 Å². The van der Waals surface area contributed by atoms with Gasteiger partial charge in [-0.1, -0.05) is 18.5 Å². The number of hydrogen-bond donors (Lipinski definition) is 3. The monoisotopic (exact) mass is 270 g/mol. The van der Waals surface area contributed by atoms with Gasteiger partial charge in [-0.2, -0.15) is 4.98 Å². The maximum Gasteiger partial charge on any atom is 0.224 e. The molecule has 1 aromatic heterocycles. The molecule has 100 valence electrons. The van der Waals surface area contributed by atoms with Crippen LogP contribution in [-0.4, -0.2) is 34.3 Å². The topological polar surface area (TPSA) is 70.1 Å². The number of aliphatic hydroxyl groups excluding tert-OH is 1. The summed E-state index contributed by atoms with van der Waals surface area (Å²) in [5.74, 6) is 1.57. The van der Waals surface area contributed by atoms with Gasteiger partial charge < -0.3 is 15.7 Å². The van der Waals surface area contributed by atoms with Crippen LogP contribution in [0.2, 0.25) is 5.02 Å². The van der Waals surface area contributed by atoms with Crippen LogP contribution in [0.4, 0.5) is 11.8 Å². The van der Waals surface area contributed by atoms with E-state index in [4.69, 9.17) is 11.6 Å². The van der Waals surface area contributed by atoms with E-state index in [9.17, 15) is 5.11 Å². The second-order valence-electron chi connectivity index (χ2n) is 4.60. The lowest BCUT2D eigenvalue weighted by molar-refractivity contribution is 0.164. The minimum Gasteiger partial charge on any atom is -0.391 e. The molecule has 1 aromatic rings. The summed E-state index contributed by atoms with van der Waals surface area (Å²) in [6.45, 7) is 3.38. The summed E-state index contributed by atoms with van der Waals surface area (Å²) in [6.07, 6.45) is 4.49. The molecule has 3 N–H and O–H groups in total. The quantitative estimate of drug-likeness (QED) is 0.708. The zero-order valence-corrected chi connectivity index (χ0v) is 11.2. The molecule has 1 atom stereocenters. The highest BCUT2D eigenvalue weighted by molar-refractivity contribution is 6.32. The molecule has 1 saturated carbocycles. The molecular formula is C12H19ClN4O. The van der Waals surface area contributed by atoms with Crippen LogP contribution in [0.3, 0.4) is 0 Å². The Labute approximate surface area is 112 Å². The molecule has 6 heteroatoms. The Morgan fingerprint density at radius 2 is 2.28 bits per heavy atom. The normalized spacial score (nSPS) is 16.4. The van der Waals surface area contributed by atoms with Crippen LogP contribution in [0.1, 0.15) is 26.2 Å². The van der Waals surface area contributed by atoms with Crippen LogP contribution in [0.5, 0.6) is 0 Å². The first kappa shape index (κ1) is 13.4. The number of hydrogen-bond acceptors (Lipinski definition) is 5. The minimum absolute atomic E-state index is 0.317. The molecule has 0 saturated heterocycles. The molecular weight excluding hydrogens is 252 g/mol. The van der Waals surface area contributed by atoms with Gasteiger partial charge in [0.2, 0.25) is 5.95 Å². The number of halogens is 1. The summed E-state index contributed by atoms with van der Waals surface area (Å²) in [6, 6.07) is 0. The predicted octanol–water partition coefficient (Wildman–Crippen LogP) is 2.13. The maximum absolute atomic E-state index is 9.79. The lowest BCUT2D eigenvalue weighted by atomic mass is 10.2. The summed E-state index contributed by atoms with van der Waals surface area (Å²) in [7, 11) is 0. The summed E-state index contributed by atoms with van der Waals surface area (Å²) < 4.78 is 0. The van der Waals surface area contributed by atoms with Crippen LogP contribution >= 0.6 is 11.6 Å². The first-order chi connectivity index (χ1) is 8.70. The first-order valence-corrected chi connectivity index (χ1v) is 6.77.